The molecule has 0 aromatic rings. The number of aliphatic hydroxyl groups is 2. The van der Waals surface area contributed by atoms with E-state index in [1.165, 1.54) is 0 Å². The third kappa shape index (κ3) is 2.61. The second-order valence-electron chi connectivity index (χ2n) is 1.93. The van der Waals surface area contributed by atoms with Crippen LogP contribution in [0, 0.1) is 0 Å². The Morgan fingerprint density at radius 3 is 1.38 bits per heavy atom. The molecule has 0 saturated heterocycles. The molecule has 2 unspecified atom stereocenters. The maximum Gasteiger partial charge on any atom is 0.0724 e. The van der Waals surface area contributed by atoms with Gasteiger partial charge in [-0.05, 0) is 20.5 Å². The van der Waals surface area contributed by atoms with Gasteiger partial charge in [-0.2, -0.15) is 0 Å². The van der Waals surface area contributed by atoms with Crippen LogP contribution in [0.15, 0.2) is 0 Å². The Morgan fingerprint density at radius 1 is 1.12 bits per heavy atom. The van der Waals surface area contributed by atoms with Crippen molar-refractivity contribution in [3.05, 3.63) is 0 Å². The van der Waals surface area contributed by atoms with Crippen LogP contribution < -0.4 is 0 Å². The summed E-state index contributed by atoms with van der Waals surface area (Å²) in [7, 11) is -0.587. The summed E-state index contributed by atoms with van der Waals surface area (Å²) in [4.78, 5) is 0. The Kier molecular flexibility index (Phi) is 3.54. The van der Waals surface area contributed by atoms with Crippen LogP contribution in [0.4, 0.5) is 0 Å². The standard InChI is InChI=1S/C5H13O2P/c1-4(6)8(3)5(2)7/h4-7H,1-3H3. The second-order valence-corrected chi connectivity index (χ2v) is 4.75. The van der Waals surface area contributed by atoms with Crippen LogP contribution in [0.1, 0.15) is 13.8 Å². The molecule has 0 heterocycles. The molecule has 0 radical (unpaired) electrons. The predicted octanol–water partition coefficient (Wildman–Crippen LogP) is 0.775. The molecule has 50 valence electrons. The van der Waals surface area contributed by atoms with Gasteiger partial charge in [0.15, 0.2) is 0 Å². The number of rotatable bonds is 2. The molecule has 0 aromatic carbocycles. The first-order valence-corrected chi connectivity index (χ1v) is 4.56. The van der Waals surface area contributed by atoms with Gasteiger partial charge in [0.1, 0.15) is 0 Å². The Labute approximate surface area is 51.3 Å². The van der Waals surface area contributed by atoms with E-state index in [1.54, 1.807) is 13.8 Å². The second kappa shape index (κ2) is 3.39. The van der Waals surface area contributed by atoms with Crippen LogP contribution in [0.25, 0.3) is 0 Å². The molecule has 0 aliphatic heterocycles. The van der Waals surface area contributed by atoms with Gasteiger partial charge in [0, 0.05) is 0 Å². The molecule has 2 N–H and O–H groups in total. The molecule has 3 heteroatoms. The van der Waals surface area contributed by atoms with Crippen molar-refractivity contribution in [2.75, 3.05) is 6.66 Å². The zero-order valence-corrected chi connectivity index (χ0v) is 6.39. The van der Waals surface area contributed by atoms with E-state index in [9.17, 15) is 0 Å². The fourth-order valence-corrected chi connectivity index (χ4v) is 0.937. The van der Waals surface area contributed by atoms with Crippen molar-refractivity contribution in [1.29, 1.82) is 0 Å². The van der Waals surface area contributed by atoms with Gasteiger partial charge in [-0.15, -0.1) is 0 Å². The molecule has 0 rings (SSSR count). The topological polar surface area (TPSA) is 40.5 Å². The van der Waals surface area contributed by atoms with Crippen LogP contribution >= 0.6 is 7.92 Å². The molecular formula is C5H13O2P. The summed E-state index contributed by atoms with van der Waals surface area (Å²) in [5.41, 5.74) is 0. The van der Waals surface area contributed by atoms with E-state index in [1.807, 2.05) is 6.66 Å². The van der Waals surface area contributed by atoms with Crippen molar-refractivity contribution in [1.82, 2.24) is 0 Å². The molecule has 0 amide bonds. The number of aliphatic hydroxyl groups excluding tert-OH is 2. The molecule has 2 atom stereocenters. The fourth-order valence-electron chi connectivity index (χ4n) is 0.312. The van der Waals surface area contributed by atoms with E-state index in [0.717, 1.165) is 0 Å². The third-order valence-corrected chi connectivity index (χ3v) is 3.54. The predicted molar refractivity (Wildman–Crippen MR) is 36.2 cm³/mol. The van der Waals surface area contributed by atoms with Crippen molar-refractivity contribution in [3.63, 3.8) is 0 Å². The molecule has 0 spiro atoms. The van der Waals surface area contributed by atoms with Crippen molar-refractivity contribution in [2.24, 2.45) is 0 Å². The van der Waals surface area contributed by atoms with Gasteiger partial charge in [-0.25, -0.2) is 0 Å². The zero-order chi connectivity index (χ0) is 6.73. The normalized spacial score (nSPS) is 22.1. The van der Waals surface area contributed by atoms with Crippen LogP contribution in [0.3, 0.4) is 0 Å². The van der Waals surface area contributed by atoms with Crippen LogP contribution in [-0.4, -0.2) is 28.6 Å². The number of hydrogen-bond donors (Lipinski definition) is 2. The highest BCUT2D eigenvalue weighted by molar-refractivity contribution is 7.57. The van der Waals surface area contributed by atoms with E-state index >= 15 is 0 Å². The van der Waals surface area contributed by atoms with Gasteiger partial charge in [0.25, 0.3) is 0 Å². The van der Waals surface area contributed by atoms with Crippen LogP contribution in [-0.2, 0) is 0 Å². The average molecular weight is 136 g/mol. The molecule has 0 saturated carbocycles. The Hall–Kier alpha value is 0.350. The Bertz CT molecular complexity index is 55.4. The van der Waals surface area contributed by atoms with Crippen molar-refractivity contribution in [3.8, 4) is 0 Å². The molecule has 8 heavy (non-hydrogen) atoms. The monoisotopic (exact) mass is 136 g/mol. The summed E-state index contributed by atoms with van der Waals surface area (Å²) >= 11 is 0. The maximum atomic E-state index is 8.86. The molecular weight excluding hydrogens is 123 g/mol. The first-order valence-electron chi connectivity index (χ1n) is 2.63. The van der Waals surface area contributed by atoms with Gasteiger partial charge in [0.05, 0.1) is 11.7 Å². The van der Waals surface area contributed by atoms with Crippen LogP contribution in [0.5, 0.6) is 0 Å². The van der Waals surface area contributed by atoms with Crippen molar-refractivity contribution >= 4 is 7.92 Å². The zero-order valence-electron chi connectivity index (χ0n) is 5.50. The van der Waals surface area contributed by atoms with E-state index in [0.29, 0.717) is 0 Å². The highest BCUT2D eigenvalue weighted by Crippen LogP contribution is 2.38. The van der Waals surface area contributed by atoms with E-state index in [4.69, 9.17) is 10.2 Å². The summed E-state index contributed by atoms with van der Waals surface area (Å²) in [6, 6.07) is 0. The SMILES string of the molecule is CC(O)P(C)C(C)O. The van der Waals surface area contributed by atoms with E-state index in [2.05, 4.69) is 0 Å². The minimum absolute atomic E-state index is 0.343. The molecule has 2 nitrogen and oxygen atoms in total. The number of hydrogen-bond acceptors (Lipinski definition) is 2. The first kappa shape index (κ1) is 8.35. The lowest BCUT2D eigenvalue weighted by Gasteiger charge is -2.17. The minimum atomic E-state index is -0.587. The Morgan fingerprint density at radius 2 is 1.38 bits per heavy atom. The third-order valence-electron chi connectivity index (χ3n) is 1.18. The van der Waals surface area contributed by atoms with Gasteiger partial charge in [0.2, 0.25) is 0 Å². The summed E-state index contributed by atoms with van der Waals surface area (Å²) in [5, 5.41) is 17.7. The van der Waals surface area contributed by atoms with Gasteiger partial charge in [-0.3, -0.25) is 0 Å². The van der Waals surface area contributed by atoms with Gasteiger partial charge >= 0.3 is 0 Å². The van der Waals surface area contributed by atoms with Crippen molar-refractivity contribution in [2.45, 2.75) is 25.5 Å². The quantitative estimate of drug-likeness (QED) is 0.550. The van der Waals surface area contributed by atoms with Crippen LogP contribution in [0.2, 0.25) is 0 Å². The molecule has 0 aliphatic carbocycles. The largest absolute Gasteiger partial charge is 0.389 e. The average Bonchev–Trinajstić information content (AvgIpc) is 1.64. The minimum Gasteiger partial charge on any atom is -0.389 e. The highest BCUT2D eigenvalue weighted by Gasteiger charge is 2.12. The lowest BCUT2D eigenvalue weighted by Crippen LogP contribution is -2.06. The molecule has 0 aliphatic rings. The summed E-state index contributed by atoms with van der Waals surface area (Å²) in [6.07, 6.45) is 0. The fraction of sp³-hybridized carbons (Fsp3) is 1.00. The first-order chi connectivity index (χ1) is 3.55. The van der Waals surface area contributed by atoms with Gasteiger partial charge in [-0.1, -0.05) is 7.92 Å². The lowest BCUT2D eigenvalue weighted by atomic mass is 10.9. The molecule has 0 bridgehead atoms. The summed E-state index contributed by atoms with van der Waals surface area (Å²) in [6.45, 7) is 5.29. The summed E-state index contributed by atoms with van der Waals surface area (Å²) in [5.74, 6) is -0.685. The summed E-state index contributed by atoms with van der Waals surface area (Å²) < 4.78 is 0. The highest BCUT2D eigenvalue weighted by atomic mass is 31.1. The van der Waals surface area contributed by atoms with Gasteiger partial charge < -0.3 is 10.2 Å². The smallest absolute Gasteiger partial charge is 0.0724 e. The van der Waals surface area contributed by atoms with E-state index in [-0.39, 0.29) is 11.7 Å². The van der Waals surface area contributed by atoms with E-state index < -0.39 is 7.92 Å². The maximum absolute atomic E-state index is 8.86. The Balaban J connectivity index is 3.46. The van der Waals surface area contributed by atoms with Crippen molar-refractivity contribution < 1.29 is 10.2 Å². The molecule has 0 aromatic heterocycles. The lowest BCUT2D eigenvalue weighted by molar-refractivity contribution is 0.245. The molecule has 0 fully saturated rings.